The van der Waals surface area contributed by atoms with Gasteiger partial charge in [-0.2, -0.15) is 0 Å². The lowest BCUT2D eigenvalue weighted by atomic mass is 10.1. The summed E-state index contributed by atoms with van der Waals surface area (Å²) in [5, 5.41) is 0. The average molecular weight is 285 g/mol. The Morgan fingerprint density at radius 1 is 0.950 bits per heavy atom. The smallest absolute Gasteiger partial charge is 0.231 e. The molecule has 1 rings (SSSR count). The molecule has 0 bridgehead atoms. The molecule has 1 aromatic carbocycles. The number of carbonyl (C=O) groups is 3. The Balaban J connectivity index is 2.81. The number of primary amides is 2. The zero-order chi connectivity index (χ0) is 15.3. The fraction of sp³-hybridized carbons (Fsp3) is 0.250. The molecule has 0 spiro atoms. The van der Waals surface area contributed by atoms with E-state index < -0.39 is 29.2 Å². The molecular formula is C12H13F2N3O3. The van der Waals surface area contributed by atoms with Crippen LogP contribution in [0.5, 0.6) is 0 Å². The van der Waals surface area contributed by atoms with Crippen molar-refractivity contribution in [2.24, 2.45) is 11.5 Å². The monoisotopic (exact) mass is 285 g/mol. The molecule has 0 aliphatic rings. The van der Waals surface area contributed by atoms with Crippen molar-refractivity contribution in [1.82, 2.24) is 4.90 Å². The van der Waals surface area contributed by atoms with Gasteiger partial charge in [-0.25, -0.2) is 8.78 Å². The van der Waals surface area contributed by atoms with E-state index in [0.29, 0.717) is 0 Å². The maximum Gasteiger partial charge on any atom is 0.231 e. The lowest BCUT2D eigenvalue weighted by Crippen LogP contribution is -2.42. The third kappa shape index (κ3) is 4.73. The third-order valence-corrected chi connectivity index (χ3v) is 2.37. The highest BCUT2D eigenvalue weighted by Gasteiger charge is 2.17. The van der Waals surface area contributed by atoms with Gasteiger partial charge in [0.2, 0.25) is 11.8 Å². The number of benzene rings is 1. The average Bonchev–Trinajstić information content (AvgIpc) is 2.30. The summed E-state index contributed by atoms with van der Waals surface area (Å²) in [6.45, 7) is -1.06. The Hall–Kier alpha value is -2.35. The molecule has 0 unspecified atom stereocenters. The minimum Gasteiger partial charge on any atom is -0.369 e. The molecule has 0 fully saturated rings. The van der Waals surface area contributed by atoms with E-state index in [1.54, 1.807) is 0 Å². The van der Waals surface area contributed by atoms with E-state index in [1.807, 2.05) is 0 Å². The molecule has 0 atom stereocenters. The van der Waals surface area contributed by atoms with Crippen LogP contribution in [0.3, 0.4) is 0 Å². The lowest BCUT2D eigenvalue weighted by Gasteiger charge is -2.17. The third-order valence-electron chi connectivity index (χ3n) is 2.37. The number of hydrogen-bond acceptors (Lipinski definition) is 4. The van der Waals surface area contributed by atoms with E-state index in [0.717, 1.165) is 23.1 Å². The molecule has 0 heterocycles. The van der Waals surface area contributed by atoms with Crippen LogP contribution in [0.4, 0.5) is 8.78 Å². The van der Waals surface area contributed by atoms with Gasteiger partial charge in [0, 0.05) is 5.56 Å². The van der Waals surface area contributed by atoms with E-state index in [1.165, 1.54) is 0 Å². The van der Waals surface area contributed by atoms with Crippen LogP contribution >= 0.6 is 0 Å². The fourth-order valence-electron chi connectivity index (χ4n) is 1.57. The van der Waals surface area contributed by atoms with Crippen molar-refractivity contribution in [3.05, 3.63) is 35.4 Å². The summed E-state index contributed by atoms with van der Waals surface area (Å²) in [4.78, 5) is 34.6. The molecule has 6 nitrogen and oxygen atoms in total. The number of nitrogens with zero attached hydrogens (tertiary/aromatic N) is 1. The molecule has 0 radical (unpaired) electrons. The molecular weight excluding hydrogens is 272 g/mol. The summed E-state index contributed by atoms with van der Waals surface area (Å²) in [7, 11) is 0. The molecule has 0 saturated carbocycles. The Labute approximate surface area is 113 Å². The summed E-state index contributed by atoms with van der Waals surface area (Å²) in [5.41, 5.74) is 9.87. The molecule has 0 aliphatic heterocycles. The predicted molar refractivity (Wildman–Crippen MR) is 65.5 cm³/mol. The number of Topliss-reactive ketones (excluding diaryl/α,β-unsaturated/α-hetero) is 1. The molecule has 8 heteroatoms. The van der Waals surface area contributed by atoms with Gasteiger partial charge in [0.1, 0.15) is 0 Å². The van der Waals surface area contributed by atoms with Gasteiger partial charge in [-0.05, 0) is 18.2 Å². The topological polar surface area (TPSA) is 106 Å². The highest BCUT2D eigenvalue weighted by Crippen LogP contribution is 2.09. The Kier molecular flexibility index (Phi) is 5.27. The van der Waals surface area contributed by atoms with Gasteiger partial charge >= 0.3 is 0 Å². The number of halogens is 2. The molecule has 4 N–H and O–H groups in total. The van der Waals surface area contributed by atoms with Crippen LogP contribution in [0.25, 0.3) is 0 Å². The highest BCUT2D eigenvalue weighted by molar-refractivity contribution is 5.98. The van der Waals surface area contributed by atoms with Crippen LogP contribution in [-0.4, -0.2) is 42.1 Å². The van der Waals surface area contributed by atoms with E-state index in [-0.39, 0.29) is 25.2 Å². The Bertz CT molecular complexity index is 533. The summed E-state index contributed by atoms with van der Waals surface area (Å²) in [6.07, 6.45) is 0. The van der Waals surface area contributed by atoms with Crippen LogP contribution in [0.2, 0.25) is 0 Å². The van der Waals surface area contributed by atoms with Crippen LogP contribution < -0.4 is 11.5 Å². The number of amides is 2. The van der Waals surface area contributed by atoms with Gasteiger partial charge in [0.15, 0.2) is 17.4 Å². The zero-order valence-electron chi connectivity index (χ0n) is 10.4. The SMILES string of the molecule is NC(=O)CN(CC(N)=O)CC(=O)c1ccc(F)c(F)c1. The maximum absolute atomic E-state index is 13.0. The van der Waals surface area contributed by atoms with Crippen molar-refractivity contribution in [2.45, 2.75) is 0 Å². The van der Waals surface area contributed by atoms with Crippen LogP contribution in [0, 0.1) is 11.6 Å². The number of nitrogens with two attached hydrogens (primary N) is 2. The first kappa shape index (κ1) is 15.7. The molecule has 0 aliphatic carbocycles. The largest absolute Gasteiger partial charge is 0.369 e. The van der Waals surface area contributed by atoms with Crippen molar-refractivity contribution in [3.8, 4) is 0 Å². The Morgan fingerprint density at radius 3 is 1.95 bits per heavy atom. The van der Waals surface area contributed by atoms with Crippen molar-refractivity contribution < 1.29 is 23.2 Å². The van der Waals surface area contributed by atoms with Gasteiger partial charge < -0.3 is 11.5 Å². The normalized spacial score (nSPS) is 10.6. The molecule has 0 saturated heterocycles. The number of hydrogen-bond donors (Lipinski definition) is 2. The quantitative estimate of drug-likeness (QED) is 0.653. The second-order valence-electron chi connectivity index (χ2n) is 4.13. The molecule has 1 aromatic rings. The molecule has 108 valence electrons. The van der Waals surface area contributed by atoms with E-state index in [4.69, 9.17) is 11.5 Å². The van der Waals surface area contributed by atoms with Crippen molar-refractivity contribution in [1.29, 1.82) is 0 Å². The van der Waals surface area contributed by atoms with Gasteiger partial charge in [0.05, 0.1) is 19.6 Å². The van der Waals surface area contributed by atoms with Crippen molar-refractivity contribution in [2.75, 3.05) is 19.6 Å². The van der Waals surface area contributed by atoms with Gasteiger partial charge in [0.25, 0.3) is 0 Å². The van der Waals surface area contributed by atoms with Crippen LogP contribution in [-0.2, 0) is 9.59 Å². The van der Waals surface area contributed by atoms with Crippen molar-refractivity contribution in [3.63, 3.8) is 0 Å². The molecule has 2 amide bonds. The fourth-order valence-corrected chi connectivity index (χ4v) is 1.57. The molecule has 20 heavy (non-hydrogen) atoms. The maximum atomic E-state index is 13.0. The number of rotatable bonds is 7. The van der Waals surface area contributed by atoms with Crippen molar-refractivity contribution >= 4 is 17.6 Å². The zero-order valence-corrected chi connectivity index (χ0v) is 10.4. The first-order chi connectivity index (χ1) is 9.29. The summed E-state index contributed by atoms with van der Waals surface area (Å²) in [6, 6.07) is 2.66. The van der Waals surface area contributed by atoms with Crippen LogP contribution in [0.1, 0.15) is 10.4 Å². The summed E-state index contributed by atoms with van der Waals surface area (Å²) >= 11 is 0. The minimum atomic E-state index is -1.16. The Morgan fingerprint density at radius 2 is 1.50 bits per heavy atom. The van der Waals surface area contributed by atoms with Gasteiger partial charge in [-0.3, -0.25) is 19.3 Å². The molecule has 0 aromatic heterocycles. The summed E-state index contributed by atoms with van der Waals surface area (Å²) < 4.78 is 25.8. The minimum absolute atomic E-state index is 0.0807. The van der Waals surface area contributed by atoms with Crippen LogP contribution in [0.15, 0.2) is 18.2 Å². The van der Waals surface area contributed by atoms with Gasteiger partial charge in [-0.1, -0.05) is 0 Å². The van der Waals surface area contributed by atoms with E-state index in [2.05, 4.69) is 0 Å². The van der Waals surface area contributed by atoms with Gasteiger partial charge in [-0.15, -0.1) is 0 Å². The number of ketones is 1. The lowest BCUT2D eigenvalue weighted by molar-refractivity contribution is -0.121. The second-order valence-corrected chi connectivity index (χ2v) is 4.13. The van der Waals surface area contributed by atoms with E-state index >= 15 is 0 Å². The number of carbonyl (C=O) groups excluding carboxylic acids is 3. The second kappa shape index (κ2) is 6.71. The van der Waals surface area contributed by atoms with E-state index in [9.17, 15) is 23.2 Å². The first-order valence-corrected chi connectivity index (χ1v) is 5.57. The summed E-state index contributed by atoms with van der Waals surface area (Å²) in [5.74, 6) is -4.32. The standard InChI is InChI=1S/C12H13F2N3O3/c13-8-2-1-7(3-9(8)14)10(18)4-17(5-11(15)19)6-12(16)20/h1-3H,4-6H2,(H2,15,19)(H2,16,20). The highest BCUT2D eigenvalue weighted by atomic mass is 19.2. The first-order valence-electron chi connectivity index (χ1n) is 5.57. The predicted octanol–water partition coefficient (Wildman–Crippen LogP) is -0.580.